The van der Waals surface area contributed by atoms with Gasteiger partial charge in [0.25, 0.3) is 0 Å². The van der Waals surface area contributed by atoms with Gasteiger partial charge in [-0.15, -0.1) is 0 Å². The molecular formula is C16H20FN3. The van der Waals surface area contributed by atoms with Crippen molar-refractivity contribution in [2.24, 2.45) is 0 Å². The molecule has 0 radical (unpaired) electrons. The van der Waals surface area contributed by atoms with Crippen LogP contribution in [0, 0.1) is 12.7 Å². The predicted octanol–water partition coefficient (Wildman–Crippen LogP) is 3.35. The Morgan fingerprint density at radius 1 is 1.30 bits per heavy atom. The van der Waals surface area contributed by atoms with Crippen LogP contribution in [0.4, 0.5) is 4.39 Å². The largest absolute Gasteiger partial charge is 0.310 e. The fourth-order valence-corrected chi connectivity index (χ4v) is 2.87. The molecule has 1 fully saturated rings. The summed E-state index contributed by atoms with van der Waals surface area (Å²) in [4.78, 5) is 0. The molecule has 20 heavy (non-hydrogen) atoms. The summed E-state index contributed by atoms with van der Waals surface area (Å²) in [6.07, 6.45) is 7.01. The molecule has 0 atom stereocenters. The molecule has 0 unspecified atom stereocenters. The third-order valence-corrected chi connectivity index (χ3v) is 4.13. The van der Waals surface area contributed by atoms with Crippen molar-refractivity contribution in [2.75, 3.05) is 0 Å². The summed E-state index contributed by atoms with van der Waals surface area (Å²) in [5.41, 5.74) is 2.65. The van der Waals surface area contributed by atoms with Crippen molar-refractivity contribution >= 4 is 0 Å². The van der Waals surface area contributed by atoms with E-state index in [1.807, 2.05) is 19.2 Å². The Balaban J connectivity index is 1.76. The van der Waals surface area contributed by atoms with E-state index in [-0.39, 0.29) is 5.82 Å². The molecule has 0 saturated heterocycles. The molecule has 1 aliphatic carbocycles. The van der Waals surface area contributed by atoms with Crippen molar-refractivity contribution < 1.29 is 4.39 Å². The topological polar surface area (TPSA) is 29.9 Å². The van der Waals surface area contributed by atoms with Gasteiger partial charge in [-0.3, -0.25) is 0 Å². The molecule has 3 rings (SSSR count). The maximum atomic E-state index is 13.8. The van der Waals surface area contributed by atoms with Gasteiger partial charge in [0.2, 0.25) is 0 Å². The molecule has 3 nitrogen and oxygen atoms in total. The number of nitrogens with zero attached hydrogens (tertiary/aromatic N) is 2. The minimum Gasteiger partial charge on any atom is -0.310 e. The van der Waals surface area contributed by atoms with Gasteiger partial charge in [-0.2, -0.15) is 5.10 Å². The van der Waals surface area contributed by atoms with E-state index in [1.54, 1.807) is 16.8 Å². The average Bonchev–Trinajstić information content (AvgIpc) is 3.07. The molecule has 0 amide bonds. The molecule has 0 bridgehead atoms. The van der Waals surface area contributed by atoms with Crippen molar-refractivity contribution in [3.8, 4) is 5.69 Å². The van der Waals surface area contributed by atoms with Gasteiger partial charge in [0.15, 0.2) is 0 Å². The minimum atomic E-state index is -0.242. The van der Waals surface area contributed by atoms with Crippen LogP contribution in [-0.4, -0.2) is 15.8 Å². The third kappa shape index (κ3) is 2.61. The number of para-hydroxylation sites is 1. The Bertz CT molecular complexity index is 585. The van der Waals surface area contributed by atoms with Crippen LogP contribution in [0.2, 0.25) is 0 Å². The molecule has 4 heteroatoms. The highest BCUT2D eigenvalue weighted by Gasteiger charge is 2.16. The number of hydrogen-bond acceptors (Lipinski definition) is 2. The predicted molar refractivity (Wildman–Crippen MR) is 77.4 cm³/mol. The number of nitrogens with one attached hydrogen (secondary N) is 1. The van der Waals surface area contributed by atoms with Crippen LogP contribution in [0.15, 0.2) is 30.5 Å². The smallest absolute Gasteiger partial charge is 0.148 e. The summed E-state index contributed by atoms with van der Waals surface area (Å²) in [5.74, 6) is -0.242. The summed E-state index contributed by atoms with van der Waals surface area (Å²) in [7, 11) is 0. The van der Waals surface area contributed by atoms with E-state index in [1.165, 1.54) is 31.7 Å². The zero-order chi connectivity index (χ0) is 13.9. The van der Waals surface area contributed by atoms with E-state index < -0.39 is 0 Å². The third-order valence-electron chi connectivity index (χ3n) is 4.13. The van der Waals surface area contributed by atoms with Gasteiger partial charge in [-0.05, 0) is 31.9 Å². The monoisotopic (exact) mass is 273 g/mol. The highest BCUT2D eigenvalue weighted by molar-refractivity contribution is 5.36. The van der Waals surface area contributed by atoms with Crippen molar-refractivity contribution in [1.29, 1.82) is 0 Å². The van der Waals surface area contributed by atoms with Crippen molar-refractivity contribution in [3.63, 3.8) is 0 Å². The number of benzene rings is 1. The minimum absolute atomic E-state index is 0.242. The molecule has 1 saturated carbocycles. The summed E-state index contributed by atoms with van der Waals surface area (Å²) in [5, 5.41) is 7.90. The molecule has 0 spiro atoms. The highest BCUT2D eigenvalue weighted by atomic mass is 19.1. The van der Waals surface area contributed by atoms with Gasteiger partial charge in [0.1, 0.15) is 11.5 Å². The average molecular weight is 273 g/mol. The Morgan fingerprint density at radius 3 is 2.80 bits per heavy atom. The molecule has 1 heterocycles. The van der Waals surface area contributed by atoms with E-state index in [9.17, 15) is 4.39 Å². The van der Waals surface area contributed by atoms with Crippen LogP contribution < -0.4 is 5.32 Å². The van der Waals surface area contributed by atoms with Gasteiger partial charge >= 0.3 is 0 Å². The number of rotatable bonds is 4. The second-order valence-electron chi connectivity index (χ2n) is 5.48. The molecular weight excluding hydrogens is 253 g/mol. The Hall–Kier alpha value is -1.68. The Morgan fingerprint density at radius 2 is 2.05 bits per heavy atom. The van der Waals surface area contributed by atoms with Crippen LogP contribution in [-0.2, 0) is 6.54 Å². The summed E-state index contributed by atoms with van der Waals surface area (Å²) in [6.45, 7) is 2.80. The standard InChI is InChI=1S/C16H20FN3/c1-12-13(10-18-14-6-2-3-7-14)11-19-20(12)16-9-5-4-8-15(16)17/h4-5,8-9,11,14,18H,2-3,6-7,10H2,1H3. The number of hydrogen-bond donors (Lipinski definition) is 1. The lowest BCUT2D eigenvalue weighted by atomic mass is 10.2. The van der Waals surface area contributed by atoms with Gasteiger partial charge < -0.3 is 5.32 Å². The van der Waals surface area contributed by atoms with Crippen molar-refractivity contribution in [3.05, 3.63) is 47.5 Å². The highest BCUT2D eigenvalue weighted by Crippen LogP contribution is 2.20. The van der Waals surface area contributed by atoms with Crippen LogP contribution in [0.1, 0.15) is 36.9 Å². The number of halogens is 1. The van der Waals surface area contributed by atoms with Gasteiger partial charge in [0, 0.05) is 23.8 Å². The molecule has 1 aliphatic rings. The second kappa shape index (κ2) is 5.75. The van der Waals surface area contributed by atoms with Crippen LogP contribution in [0.3, 0.4) is 0 Å². The normalized spacial score (nSPS) is 15.9. The van der Waals surface area contributed by atoms with E-state index in [2.05, 4.69) is 10.4 Å². The molecule has 1 aromatic carbocycles. The summed E-state index contributed by atoms with van der Waals surface area (Å²) >= 11 is 0. The Kier molecular flexibility index (Phi) is 3.83. The number of aromatic nitrogens is 2. The van der Waals surface area contributed by atoms with E-state index >= 15 is 0 Å². The maximum Gasteiger partial charge on any atom is 0.148 e. The Labute approximate surface area is 118 Å². The molecule has 106 valence electrons. The first kappa shape index (κ1) is 13.3. The second-order valence-corrected chi connectivity index (χ2v) is 5.48. The van der Waals surface area contributed by atoms with Gasteiger partial charge in [-0.1, -0.05) is 25.0 Å². The zero-order valence-corrected chi connectivity index (χ0v) is 11.8. The van der Waals surface area contributed by atoms with E-state index in [0.29, 0.717) is 11.7 Å². The zero-order valence-electron chi connectivity index (χ0n) is 11.8. The first-order valence-corrected chi connectivity index (χ1v) is 7.27. The first-order valence-electron chi connectivity index (χ1n) is 7.27. The van der Waals surface area contributed by atoms with Crippen LogP contribution in [0.25, 0.3) is 5.69 Å². The van der Waals surface area contributed by atoms with Crippen molar-refractivity contribution in [2.45, 2.75) is 45.2 Å². The SMILES string of the molecule is Cc1c(CNC2CCCC2)cnn1-c1ccccc1F. The molecule has 1 N–H and O–H groups in total. The summed E-state index contributed by atoms with van der Waals surface area (Å²) < 4.78 is 15.5. The van der Waals surface area contributed by atoms with E-state index in [4.69, 9.17) is 0 Å². The fraction of sp³-hybridized carbons (Fsp3) is 0.438. The van der Waals surface area contributed by atoms with Gasteiger partial charge in [0.05, 0.1) is 6.20 Å². The van der Waals surface area contributed by atoms with Crippen molar-refractivity contribution in [1.82, 2.24) is 15.1 Å². The molecule has 1 aromatic heterocycles. The quantitative estimate of drug-likeness (QED) is 0.925. The van der Waals surface area contributed by atoms with Crippen LogP contribution in [0.5, 0.6) is 0 Å². The lowest BCUT2D eigenvalue weighted by Gasteiger charge is -2.11. The van der Waals surface area contributed by atoms with Gasteiger partial charge in [-0.25, -0.2) is 9.07 Å². The maximum absolute atomic E-state index is 13.8. The van der Waals surface area contributed by atoms with E-state index in [0.717, 1.165) is 17.8 Å². The fourth-order valence-electron chi connectivity index (χ4n) is 2.87. The molecule has 0 aliphatic heterocycles. The lowest BCUT2D eigenvalue weighted by molar-refractivity contribution is 0.523. The first-order chi connectivity index (χ1) is 9.75. The van der Waals surface area contributed by atoms with Crippen LogP contribution >= 0.6 is 0 Å². The summed E-state index contributed by atoms with van der Waals surface area (Å²) in [6, 6.07) is 7.37. The lowest BCUT2D eigenvalue weighted by Crippen LogP contribution is -2.25. The molecule has 2 aromatic rings.